The molecule has 1 atom stereocenters. The first kappa shape index (κ1) is 26.1. The molecular formula is C30H30Cl2N4O3. The Morgan fingerprint density at radius 2 is 1.90 bits per heavy atom. The molecular weight excluding hydrogens is 535 g/mol. The molecule has 1 aliphatic carbocycles. The van der Waals surface area contributed by atoms with Crippen LogP contribution < -0.4 is 4.90 Å². The van der Waals surface area contributed by atoms with E-state index in [4.69, 9.17) is 32.5 Å². The van der Waals surface area contributed by atoms with E-state index in [9.17, 15) is 4.79 Å². The molecule has 2 aromatic heterocycles. The predicted octanol–water partition coefficient (Wildman–Crippen LogP) is 6.61. The highest BCUT2D eigenvalue weighted by atomic mass is 35.5. The van der Waals surface area contributed by atoms with Crippen molar-refractivity contribution in [1.29, 1.82) is 0 Å². The van der Waals surface area contributed by atoms with E-state index in [0.717, 1.165) is 84.6 Å². The first-order valence-electron chi connectivity index (χ1n) is 13.3. The molecule has 4 aromatic rings. The van der Waals surface area contributed by atoms with E-state index in [-0.39, 0.29) is 0 Å². The number of carbonyl (C=O) groups is 1. The van der Waals surface area contributed by atoms with E-state index in [1.807, 2.05) is 30.3 Å². The molecule has 2 aromatic carbocycles. The van der Waals surface area contributed by atoms with Crippen LogP contribution in [0.1, 0.15) is 47.5 Å². The van der Waals surface area contributed by atoms with Crippen molar-refractivity contribution in [3.8, 4) is 11.3 Å². The van der Waals surface area contributed by atoms with Crippen molar-refractivity contribution in [2.45, 2.75) is 38.1 Å². The molecule has 0 amide bonds. The number of halogens is 2. The zero-order chi connectivity index (χ0) is 27.1. The van der Waals surface area contributed by atoms with Crippen molar-refractivity contribution >= 4 is 45.8 Å². The van der Waals surface area contributed by atoms with Crippen molar-refractivity contribution in [1.82, 2.24) is 15.0 Å². The number of benzene rings is 2. The summed E-state index contributed by atoms with van der Waals surface area (Å²) in [7, 11) is 1.36. The van der Waals surface area contributed by atoms with Gasteiger partial charge in [0, 0.05) is 60.3 Å². The summed E-state index contributed by atoms with van der Waals surface area (Å²) >= 11 is 13.1. The van der Waals surface area contributed by atoms with Gasteiger partial charge < -0.3 is 14.2 Å². The van der Waals surface area contributed by atoms with Gasteiger partial charge in [0.05, 0.1) is 22.7 Å². The number of anilines is 1. The molecule has 1 saturated heterocycles. The largest absolute Gasteiger partial charge is 0.464 e. The summed E-state index contributed by atoms with van der Waals surface area (Å²) in [5.41, 5.74) is 4.93. The van der Waals surface area contributed by atoms with E-state index in [0.29, 0.717) is 27.7 Å². The van der Waals surface area contributed by atoms with Gasteiger partial charge in [-0.25, -0.2) is 9.78 Å². The molecule has 0 bridgehead atoms. The van der Waals surface area contributed by atoms with Crippen LogP contribution in [0, 0.1) is 0 Å². The molecule has 3 heterocycles. The van der Waals surface area contributed by atoms with Crippen LogP contribution in [-0.2, 0) is 11.2 Å². The highest BCUT2D eigenvalue weighted by molar-refractivity contribution is 6.39. The second kappa shape index (κ2) is 10.8. The van der Waals surface area contributed by atoms with Crippen LogP contribution in [-0.4, -0.2) is 60.3 Å². The van der Waals surface area contributed by atoms with Crippen LogP contribution in [0.15, 0.2) is 53.1 Å². The maximum absolute atomic E-state index is 11.8. The number of aromatic nitrogens is 2. The van der Waals surface area contributed by atoms with E-state index < -0.39 is 5.97 Å². The van der Waals surface area contributed by atoms with Crippen LogP contribution in [0.2, 0.25) is 10.0 Å². The number of esters is 1. The first-order chi connectivity index (χ1) is 18.9. The number of rotatable bonds is 7. The summed E-state index contributed by atoms with van der Waals surface area (Å²) in [4.78, 5) is 21.2. The Hall–Kier alpha value is -3.13. The van der Waals surface area contributed by atoms with Crippen LogP contribution in [0.3, 0.4) is 0 Å². The van der Waals surface area contributed by atoms with Gasteiger partial charge >= 0.3 is 5.97 Å². The van der Waals surface area contributed by atoms with Crippen molar-refractivity contribution < 1.29 is 14.1 Å². The van der Waals surface area contributed by atoms with E-state index in [1.165, 1.54) is 7.11 Å². The fraction of sp³-hybridized carbons (Fsp3) is 0.367. The average Bonchev–Trinajstić information content (AvgIpc) is 3.71. The van der Waals surface area contributed by atoms with Gasteiger partial charge in [-0.2, -0.15) is 0 Å². The van der Waals surface area contributed by atoms with Crippen molar-refractivity contribution in [2.75, 3.05) is 38.2 Å². The molecule has 9 heteroatoms. The number of pyridine rings is 1. The van der Waals surface area contributed by atoms with Crippen molar-refractivity contribution in [3.05, 3.63) is 75.6 Å². The summed E-state index contributed by atoms with van der Waals surface area (Å²) in [6.07, 6.45) is 3.11. The van der Waals surface area contributed by atoms with Gasteiger partial charge in [0.1, 0.15) is 17.1 Å². The lowest BCUT2D eigenvalue weighted by Crippen LogP contribution is -2.52. The fourth-order valence-electron chi connectivity index (χ4n) is 5.50. The average molecular weight is 566 g/mol. The van der Waals surface area contributed by atoms with Gasteiger partial charge in [-0.15, -0.1) is 0 Å². The van der Waals surface area contributed by atoms with Gasteiger partial charge in [-0.1, -0.05) is 40.5 Å². The minimum absolute atomic E-state index is 0.317. The molecule has 202 valence electrons. The topological polar surface area (TPSA) is 71.7 Å². The zero-order valence-electron chi connectivity index (χ0n) is 22.0. The standard InChI is InChI=1S/C30H30Cl2N4O3/c1-18-17-36(21-9-11-25-20(16-21)8-10-26(33-25)30(37)38-2)15-14-35(18)13-12-22-28(34-39-29(22)19-6-7-19)27-23(31)4-3-5-24(27)32/h3-5,8-11,16,18-19H,6-7,12-15,17H2,1-2H3. The molecule has 1 unspecified atom stereocenters. The second-order valence-electron chi connectivity index (χ2n) is 10.4. The van der Waals surface area contributed by atoms with Crippen LogP contribution in [0.25, 0.3) is 22.2 Å². The molecule has 6 rings (SSSR count). The van der Waals surface area contributed by atoms with Crippen LogP contribution in [0.4, 0.5) is 5.69 Å². The molecule has 1 saturated carbocycles. The quantitative estimate of drug-likeness (QED) is 0.234. The molecule has 1 aliphatic heterocycles. The zero-order valence-corrected chi connectivity index (χ0v) is 23.5. The number of methoxy groups -OCH3 is 1. The molecule has 0 radical (unpaired) electrons. The SMILES string of the molecule is COC(=O)c1ccc2cc(N3CCN(CCc4c(-c5c(Cl)cccc5Cl)noc4C4CC4)C(C)C3)ccc2n1. The van der Waals surface area contributed by atoms with E-state index >= 15 is 0 Å². The third-order valence-corrected chi connectivity index (χ3v) is 8.44. The molecule has 0 spiro atoms. The minimum Gasteiger partial charge on any atom is -0.464 e. The fourth-order valence-corrected chi connectivity index (χ4v) is 6.07. The van der Waals surface area contributed by atoms with Crippen molar-refractivity contribution in [3.63, 3.8) is 0 Å². The molecule has 2 aliphatic rings. The number of fused-ring (bicyclic) bond motifs is 1. The smallest absolute Gasteiger partial charge is 0.356 e. The minimum atomic E-state index is -0.427. The molecule has 2 fully saturated rings. The monoisotopic (exact) mass is 564 g/mol. The first-order valence-corrected chi connectivity index (χ1v) is 14.1. The van der Waals surface area contributed by atoms with Gasteiger partial charge in [0.2, 0.25) is 0 Å². The number of hydrogen-bond donors (Lipinski definition) is 0. The number of carbonyl (C=O) groups excluding carboxylic acids is 1. The summed E-state index contributed by atoms with van der Waals surface area (Å²) in [5, 5.41) is 6.63. The summed E-state index contributed by atoms with van der Waals surface area (Å²) < 4.78 is 10.7. The van der Waals surface area contributed by atoms with Gasteiger partial charge in [-0.05, 0) is 62.6 Å². The number of ether oxygens (including phenoxy) is 1. The van der Waals surface area contributed by atoms with E-state index in [1.54, 1.807) is 6.07 Å². The lowest BCUT2D eigenvalue weighted by atomic mass is 10.0. The Bertz CT molecular complexity index is 1510. The molecule has 7 nitrogen and oxygen atoms in total. The lowest BCUT2D eigenvalue weighted by molar-refractivity contribution is 0.0594. The Kier molecular flexibility index (Phi) is 7.23. The second-order valence-corrected chi connectivity index (χ2v) is 11.2. The summed E-state index contributed by atoms with van der Waals surface area (Å²) in [6, 6.07) is 15.7. The molecule has 0 N–H and O–H groups in total. The Balaban J connectivity index is 1.16. The van der Waals surface area contributed by atoms with Crippen LogP contribution in [0.5, 0.6) is 0 Å². The highest BCUT2D eigenvalue weighted by Gasteiger charge is 2.34. The lowest BCUT2D eigenvalue weighted by Gasteiger charge is -2.41. The van der Waals surface area contributed by atoms with Gasteiger partial charge in [0.15, 0.2) is 0 Å². The summed E-state index contributed by atoms with van der Waals surface area (Å²) in [6.45, 7) is 5.97. The maximum Gasteiger partial charge on any atom is 0.356 e. The van der Waals surface area contributed by atoms with Crippen molar-refractivity contribution in [2.24, 2.45) is 0 Å². The highest BCUT2D eigenvalue weighted by Crippen LogP contribution is 2.46. The Morgan fingerprint density at radius 3 is 2.62 bits per heavy atom. The van der Waals surface area contributed by atoms with Gasteiger partial charge in [0.25, 0.3) is 0 Å². The Morgan fingerprint density at radius 1 is 1.10 bits per heavy atom. The summed E-state index contributed by atoms with van der Waals surface area (Å²) in [5.74, 6) is 1.01. The Labute approximate surface area is 237 Å². The number of piperazine rings is 1. The number of hydrogen-bond acceptors (Lipinski definition) is 7. The van der Waals surface area contributed by atoms with Crippen LogP contribution >= 0.6 is 23.2 Å². The van der Waals surface area contributed by atoms with E-state index in [2.05, 4.69) is 39.0 Å². The predicted molar refractivity (Wildman–Crippen MR) is 154 cm³/mol. The maximum atomic E-state index is 11.8. The third-order valence-electron chi connectivity index (χ3n) is 7.81. The molecule has 39 heavy (non-hydrogen) atoms. The van der Waals surface area contributed by atoms with Gasteiger partial charge in [-0.3, -0.25) is 4.90 Å². The normalized spacial score (nSPS) is 18.1. The third kappa shape index (κ3) is 5.23. The number of nitrogens with zero attached hydrogens (tertiary/aromatic N) is 4.